The van der Waals surface area contributed by atoms with Crippen LogP contribution in [0.4, 0.5) is 5.95 Å². The fourth-order valence-electron chi connectivity index (χ4n) is 4.63. The molecule has 0 bridgehead atoms. The van der Waals surface area contributed by atoms with Crippen molar-refractivity contribution < 1.29 is 14.9 Å². The van der Waals surface area contributed by atoms with Crippen molar-refractivity contribution in [1.82, 2.24) is 18.7 Å². The highest BCUT2D eigenvalue weighted by Gasteiger charge is 2.28. The second-order valence-electron chi connectivity index (χ2n) is 8.45. The number of methoxy groups -OCH3 is 1. The molecule has 2 aromatic heterocycles. The number of nitrogens with zero attached hydrogens (tertiary/aromatic N) is 4. The lowest BCUT2D eigenvalue weighted by atomic mass is 10.1. The number of aryl methyl sites for hydroxylation is 1. The second-order valence-corrected chi connectivity index (χ2v) is 8.45. The summed E-state index contributed by atoms with van der Waals surface area (Å²) in [6, 6.07) is 5.60. The van der Waals surface area contributed by atoms with Gasteiger partial charge in [0.25, 0.3) is 5.56 Å². The Morgan fingerprint density at radius 3 is 2.61 bits per heavy atom. The monoisotopic (exact) mass is 457 g/mol. The summed E-state index contributed by atoms with van der Waals surface area (Å²) in [7, 11) is 1.62. The number of imidazole rings is 1. The average molecular weight is 458 g/mol. The summed E-state index contributed by atoms with van der Waals surface area (Å²) >= 11 is 0. The van der Waals surface area contributed by atoms with Crippen LogP contribution in [0.2, 0.25) is 0 Å². The minimum absolute atomic E-state index is 0.0275. The summed E-state index contributed by atoms with van der Waals surface area (Å²) in [5, 5.41) is 23.2. The Labute approximate surface area is 191 Å². The molecule has 0 spiro atoms. The van der Waals surface area contributed by atoms with Crippen LogP contribution in [0, 0.1) is 6.92 Å². The molecule has 178 valence electrons. The van der Waals surface area contributed by atoms with E-state index in [9.17, 15) is 19.8 Å². The van der Waals surface area contributed by atoms with Crippen molar-refractivity contribution in [3.05, 3.63) is 50.2 Å². The molecule has 10 heteroatoms. The van der Waals surface area contributed by atoms with Gasteiger partial charge in [-0.2, -0.15) is 4.98 Å². The van der Waals surface area contributed by atoms with Crippen LogP contribution in [0.15, 0.2) is 27.8 Å². The predicted molar refractivity (Wildman–Crippen MR) is 125 cm³/mol. The number of benzene rings is 1. The van der Waals surface area contributed by atoms with Crippen LogP contribution in [-0.4, -0.2) is 54.8 Å². The topological polar surface area (TPSA) is 124 Å². The Bertz CT molecular complexity index is 1270. The third-order valence-electron chi connectivity index (χ3n) is 6.35. The zero-order valence-electron chi connectivity index (χ0n) is 19.2. The van der Waals surface area contributed by atoms with E-state index in [-0.39, 0.29) is 36.9 Å². The zero-order valence-corrected chi connectivity index (χ0v) is 19.2. The molecule has 33 heavy (non-hydrogen) atoms. The van der Waals surface area contributed by atoms with Crippen LogP contribution < -0.4 is 21.3 Å². The Morgan fingerprint density at radius 1 is 1.21 bits per heavy atom. The van der Waals surface area contributed by atoms with Gasteiger partial charge in [0, 0.05) is 6.54 Å². The maximum absolute atomic E-state index is 13.4. The highest BCUT2D eigenvalue weighted by molar-refractivity contribution is 5.74. The fourth-order valence-corrected chi connectivity index (χ4v) is 4.63. The van der Waals surface area contributed by atoms with Crippen molar-refractivity contribution in [2.75, 3.05) is 19.0 Å². The van der Waals surface area contributed by atoms with E-state index in [4.69, 9.17) is 4.74 Å². The highest BCUT2D eigenvalue weighted by Crippen LogP contribution is 2.26. The molecule has 4 rings (SSSR count). The third-order valence-corrected chi connectivity index (χ3v) is 6.35. The largest absolute Gasteiger partial charge is 0.496 e. The molecule has 0 radical (unpaired) electrons. The van der Waals surface area contributed by atoms with E-state index in [0.717, 1.165) is 34.3 Å². The summed E-state index contributed by atoms with van der Waals surface area (Å²) in [5.74, 6) is 1.19. The van der Waals surface area contributed by atoms with E-state index in [1.165, 1.54) is 4.57 Å². The maximum atomic E-state index is 13.4. The SMILES string of the molecule is CCn1c(=O)c2c(nc(NC3CCCC3O)n2Cc2ccc(OC)c(C)c2)n(CCO)c1=O. The maximum Gasteiger partial charge on any atom is 0.332 e. The standard InChI is InChI=1S/C23H31N5O5/c1-4-26-21(31)19-20(27(10-11-29)23(26)32)25-22(24-16-6-5-7-17(16)30)28(19)13-15-8-9-18(33-3)14(2)12-15/h8-9,12,16-17,29-30H,4-7,10-11,13H2,1-3H3,(H,24,25). The van der Waals surface area contributed by atoms with E-state index in [0.29, 0.717) is 18.9 Å². The first-order valence-corrected chi connectivity index (χ1v) is 11.3. The first kappa shape index (κ1) is 23.1. The summed E-state index contributed by atoms with van der Waals surface area (Å²) in [6.45, 7) is 3.99. The average Bonchev–Trinajstić information content (AvgIpc) is 3.35. The van der Waals surface area contributed by atoms with Crippen LogP contribution in [0.3, 0.4) is 0 Å². The number of fused-ring (bicyclic) bond motifs is 1. The molecule has 0 amide bonds. The molecule has 1 aliphatic carbocycles. The highest BCUT2D eigenvalue weighted by atomic mass is 16.5. The lowest BCUT2D eigenvalue weighted by Gasteiger charge is -2.18. The molecule has 1 aliphatic rings. The summed E-state index contributed by atoms with van der Waals surface area (Å²) in [5.41, 5.74) is 1.48. The van der Waals surface area contributed by atoms with Crippen molar-refractivity contribution in [2.24, 2.45) is 0 Å². The lowest BCUT2D eigenvalue weighted by molar-refractivity contribution is 0.171. The molecule has 10 nitrogen and oxygen atoms in total. The normalized spacial score (nSPS) is 18.2. The van der Waals surface area contributed by atoms with Crippen LogP contribution >= 0.6 is 0 Å². The Morgan fingerprint density at radius 2 is 2.00 bits per heavy atom. The molecule has 3 aromatic rings. The number of rotatable bonds is 8. The summed E-state index contributed by atoms with van der Waals surface area (Å²) in [4.78, 5) is 30.9. The number of anilines is 1. The van der Waals surface area contributed by atoms with Crippen molar-refractivity contribution >= 4 is 17.1 Å². The Hall–Kier alpha value is -3.11. The molecule has 3 N–H and O–H groups in total. The molecule has 1 saturated carbocycles. The van der Waals surface area contributed by atoms with Gasteiger partial charge >= 0.3 is 5.69 Å². The van der Waals surface area contributed by atoms with E-state index in [1.54, 1.807) is 18.6 Å². The van der Waals surface area contributed by atoms with Gasteiger partial charge in [0.05, 0.1) is 39.0 Å². The lowest BCUT2D eigenvalue weighted by Crippen LogP contribution is -2.40. The van der Waals surface area contributed by atoms with Gasteiger partial charge in [-0.3, -0.25) is 18.5 Å². The number of aliphatic hydroxyl groups excluding tert-OH is 2. The molecule has 1 aromatic carbocycles. The third kappa shape index (κ3) is 4.16. The quantitative estimate of drug-likeness (QED) is 0.462. The fraction of sp³-hybridized carbons (Fsp3) is 0.522. The number of ether oxygens (including phenoxy) is 1. The molecule has 0 saturated heterocycles. The van der Waals surface area contributed by atoms with Gasteiger partial charge in [-0.1, -0.05) is 12.1 Å². The van der Waals surface area contributed by atoms with E-state index in [2.05, 4.69) is 10.3 Å². The second kappa shape index (κ2) is 9.40. The van der Waals surface area contributed by atoms with Crippen LogP contribution in [0.5, 0.6) is 5.75 Å². The molecule has 0 aliphatic heterocycles. The number of aliphatic hydroxyl groups is 2. The molecule has 1 fully saturated rings. The minimum atomic E-state index is -0.506. The molecular formula is C23H31N5O5. The first-order chi connectivity index (χ1) is 15.9. The minimum Gasteiger partial charge on any atom is -0.496 e. The Balaban J connectivity index is 1.93. The summed E-state index contributed by atoms with van der Waals surface area (Å²) in [6.07, 6.45) is 1.88. The van der Waals surface area contributed by atoms with E-state index < -0.39 is 17.4 Å². The van der Waals surface area contributed by atoms with Crippen LogP contribution in [0.25, 0.3) is 11.2 Å². The molecular weight excluding hydrogens is 426 g/mol. The Kier molecular flexibility index (Phi) is 6.57. The van der Waals surface area contributed by atoms with Gasteiger partial charge in [0.15, 0.2) is 11.2 Å². The van der Waals surface area contributed by atoms with Gasteiger partial charge in [-0.05, 0) is 50.3 Å². The molecule has 2 heterocycles. The van der Waals surface area contributed by atoms with E-state index >= 15 is 0 Å². The van der Waals surface area contributed by atoms with Crippen molar-refractivity contribution in [3.8, 4) is 5.75 Å². The van der Waals surface area contributed by atoms with Gasteiger partial charge in [0.1, 0.15) is 5.75 Å². The van der Waals surface area contributed by atoms with Crippen molar-refractivity contribution in [1.29, 1.82) is 0 Å². The van der Waals surface area contributed by atoms with Gasteiger partial charge in [-0.25, -0.2) is 4.79 Å². The molecule has 2 unspecified atom stereocenters. The van der Waals surface area contributed by atoms with Crippen molar-refractivity contribution in [3.63, 3.8) is 0 Å². The predicted octanol–water partition coefficient (Wildman–Crippen LogP) is 1.06. The van der Waals surface area contributed by atoms with Crippen LogP contribution in [-0.2, 0) is 19.6 Å². The van der Waals surface area contributed by atoms with Gasteiger partial charge in [0.2, 0.25) is 5.95 Å². The van der Waals surface area contributed by atoms with Gasteiger partial charge in [-0.15, -0.1) is 0 Å². The number of hydrogen-bond acceptors (Lipinski definition) is 7. The zero-order chi connectivity index (χ0) is 23.7. The first-order valence-electron chi connectivity index (χ1n) is 11.3. The van der Waals surface area contributed by atoms with Crippen molar-refractivity contribution in [2.45, 2.75) is 64.9 Å². The van der Waals surface area contributed by atoms with Crippen LogP contribution in [0.1, 0.15) is 37.3 Å². The van der Waals surface area contributed by atoms with E-state index in [1.807, 2.05) is 25.1 Å². The molecule has 2 atom stereocenters. The summed E-state index contributed by atoms with van der Waals surface area (Å²) < 4.78 is 9.62. The number of hydrogen-bond donors (Lipinski definition) is 3. The number of aromatic nitrogens is 4. The smallest absolute Gasteiger partial charge is 0.332 e. The van der Waals surface area contributed by atoms with Gasteiger partial charge < -0.3 is 20.3 Å². The number of nitrogens with one attached hydrogen (secondary N) is 1.